The van der Waals surface area contributed by atoms with E-state index in [4.69, 9.17) is 9.98 Å². The number of hydrogen-bond donors (Lipinski definition) is 2. The first-order chi connectivity index (χ1) is 21.7. The molecule has 6 rings (SSSR count). The molecule has 0 aliphatic rings. The number of aromatic hydroxyl groups is 2. The summed E-state index contributed by atoms with van der Waals surface area (Å²) < 4.78 is 0. The van der Waals surface area contributed by atoms with Crippen molar-refractivity contribution in [2.24, 2.45) is 9.98 Å². The molecule has 4 heteroatoms. The third-order valence-electron chi connectivity index (χ3n) is 7.53. The van der Waals surface area contributed by atoms with Gasteiger partial charge in [0.05, 0.1) is 11.4 Å². The number of nitrogens with zero attached hydrogens (tertiary/aromatic N) is 2. The average molecular weight is 573 g/mol. The molecule has 4 nitrogen and oxygen atoms in total. The average Bonchev–Trinajstić information content (AvgIpc) is 3.09. The smallest absolute Gasteiger partial charge is 0.124 e. The SMILES string of the molecule is Oc1ccccc1C(=N[C@H](c1ccccc1)[C@@H](N=C(c1ccccc1)c1ccccc1O)c1ccccc1)c1ccccc1. The van der Waals surface area contributed by atoms with Crippen LogP contribution in [0.15, 0.2) is 180 Å². The maximum atomic E-state index is 11.0. The van der Waals surface area contributed by atoms with Gasteiger partial charge in [0.1, 0.15) is 23.6 Å². The Labute approximate surface area is 258 Å². The molecular weight excluding hydrogens is 540 g/mol. The number of hydrogen-bond acceptors (Lipinski definition) is 4. The number of phenols is 2. The van der Waals surface area contributed by atoms with E-state index in [2.05, 4.69) is 24.3 Å². The van der Waals surface area contributed by atoms with Crippen LogP contribution in [0.4, 0.5) is 0 Å². The Bertz CT molecular complexity index is 1730. The van der Waals surface area contributed by atoms with Gasteiger partial charge >= 0.3 is 0 Å². The van der Waals surface area contributed by atoms with E-state index in [1.165, 1.54) is 0 Å². The van der Waals surface area contributed by atoms with Crippen molar-refractivity contribution in [2.75, 3.05) is 0 Å². The highest BCUT2D eigenvalue weighted by atomic mass is 16.3. The molecular formula is C40H32N2O2. The van der Waals surface area contributed by atoms with Crippen LogP contribution in [0.2, 0.25) is 0 Å². The molecule has 44 heavy (non-hydrogen) atoms. The first kappa shape index (κ1) is 28.4. The van der Waals surface area contributed by atoms with Crippen LogP contribution in [0, 0.1) is 0 Å². The molecule has 6 aromatic rings. The zero-order valence-electron chi connectivity index (χ0n) is 24.1. The number of para-hydroxylation sites is 2. The standard InChI is InChI=1S/C40H32N2O2/c43-35-27-15-13-25-33(35)37(29-17-5-1-6-18-29)41-39(31-21-9-3-10-22-31)40(32-23-11-4-12-24-32)42-38(30-19-7-2-8-20-30)34-26-14-16-28-36(34)44/h1-28,39-40,43-44H/t39-,40+. The van der Waals surface area contributed by atoms with Crippen LogP contribution in [0.25, 0.3) is 0 Å². The first-order valence-electron chi connectivity index (χ1n) is 14.6. The fourth-order valence-corrected chi connectivity index (χ4v) is 5.37. The molecule has 0 fully saturated rings. The minimum Gasteiger partial charge on any atom is -0.507 e. The van der Waals surface area contributed by atoms with Gasteiger partial charge in [-0.05, 0) is 35.4 Å². The Morgan fingerprint density at radius 1 is 0.364 bits per heavy atom. The largest absolute Gasteiger partial charge is 0.507 e. The van der Waals surface area contributed by atoms with Gasteiger partial charge in [0, 0.05) is 22.3 Å². The van der Waals surface area contributed by atoms with Gasteiger partial charge in [-0.25, -0.2) is 0 Å². The number of aliphatic imine (C=N–C) groups is 2. The summed E-state index contributed by atoms with van der Waals surface area (Å²) >= 11 is 0. The quantitative estimate of drug-likeness (QED) is 0.170. The molecule has 2 N–H and O–H groups in total. The van der Waals surface area contributed by atoms with Crippen LogP contribution in [-0.2, 0) is 0 Å². The van der Waals surface area contributed by atoms with E-state index in [0.717, 1.165) is 22.3 Å². The molecule has 214 valence electrons. The molecule has 0 aliphatic heterocycles. The van der Waals surface area contributed by atoms with E-state index < -0.39 is 12.1 Å². The lowest BCUT2D eigenvalue weighted by atomic mass is 9.91. The van der Waals surface area contributed by atoms with Crippen molar-refractivity contribution in [1.29, 1.82) is 0 Å². The lowest BCUT2D eigenvalue weighted by molar-refractivity contribution is 0.473. The summed E-state index contributed by atoms with van der Waals surface area (Å²) in [5.74, 6) is 0.307. The molecule has 0 unspecified atom stereocenters. The maximum Gasteiger partial charge on any atom is 0.124 e. The predicted octanol–water partition coefficient (Wildman–Crippen LogP) is 8.96. The third-order valence-corrected chi connectivity index (χ3v) is 7.53. The summed E-state index contributed by atoms with van der Waals surface area (Å²) in [6.07, 6.45) is 0. The summed E-state index contributed by atoms with van der Waals surface area (Å²) in [6, 6.07) is 53.7. The summed E-state index contributed by atoms with van der Waals surface area (Å²) in [5.41, 5.74) is 6.32. The Kier molecular flexibility index (Phi) is 8.70. The molecule has 0 heterocycles. The molecule has 0 aliphatic carbocycles. The summed E-state index contributed by atoms with van der Waals surface area (Å²) in [6.45, 7) is 0. The van der Waals surface area contributed by atoms with E-state index in [1.807, 2.05) is 133 Å². The normalized spacial score (nSPS) is 13.3. The molecule has 0 aromatic heterocycles. The molecule has 0 spiro atoms. The zero-order chi connectivity index (χ0) is 30.1. The van der Waals surface area contributed by atoms with Crippen LogP contribution in [-0.4, -0.2) is 21.6 Å². The minimum absolute atomic E-state index is 0.154. The Morgan fingerprint density at radius 3 is 1.00 bits per heavy atom. The van der Waals surface area contributed by atoms with Gasteiger partial charge in [-0.1, -0.05) is 146 Å². The van der Waals surface area contributed by atoms with Crippen LogP contribution in [0.5, 0.6) is 11.5 Å². The van der Waals surface area contributed by atoms with Crippen LogP contribution >= 0.6 is 0 Å². The highest BCUT2D eigenvalue weighted by Crippen LogP contribution is 2.39. The summed E-state index contributed by atoms with van der Waals surface area (Å²) in [4.78, 5) is 10.9. The fourth-order valence-electron chi connectivity index (χ4n) is 5.37. The van der Waals surface area contributed by atoms with Crippen LogP contribution in [0.1, 0.15) is 45.5 Å². The van der Waals surface area contributed by atoms with Crippen molar-refractivity contribution in [2.45, 2.75) is 12.1 Å². The second-order valence-electron chi connectivity index (χ2n) is 10.4. The zero-order valence-corrected chi connectivity index (χ0v) is 24.1. The highest BCUT2D eigenvalue weighted by Gasteiger charge is 2.27. The van der Waals surface area contributed by atoms with Crippen molar-refractivity contribution >= 4 is 11.4 Å². The van der Waals surface area contributed by atoms with Gasteiger partial charge in [-0.2, -0.15) is 0 Å². The molecule has 0 saturated carbocycles. The fraction of sp³-hybridized carbons (Fsp3) is 0.0500. The van der Waals surface area contributed by atoms with Crippen molar-refractivity contribution < 1.29 is 10.2 Å². The molecule has 0 saturated heterocycles. The van der Waals surface area contributed by atoms with Crippen molar-refractivity contribution in [3.63, 3.8) is 0 Å². The minimum atomic E-state index is -0.488. The monoisotopic (exact) mass is 572 g/mol. The van der Waals surface area contributed by atoms with E-state index in [1.54, 1.807) is 12.1 Å². The first-order valence-corrected chi connectivity index (χ1v) is 14.6. The molecule has 0 bridgehead atoms. The molecule has 0 radical (unpaired) electrons. The van der Waals surface area contributed by atoms with E-state index in [-0.39, 0.29) is 11.5 Å². The number of phenolic OH excluding ortho intramolecular Hbond substituents is 2. The predicted molar refractivity (Wildman–Crippen MR) is 179 cm³/mol. The summed E-state index contributed by atoms with van der Waals surface area (Å²) in [7, 11) is 0. The second kappa shape index (κ2) is 13.5. The van der Waals surface area contributed by atoms with Gasteiger partial charge < -0.3 is 10.2 Å². The van der Waals surface area contributed by atoms with E-state index in [9.17, 15) is 10.2 Å². The van der Waals surface area contributed by atoms with Crippen LogP contribution in [0.3, 0.4) is 0 Å². The van der Waals surface area contributed by atoms with E-state index >= 15 is 0 Å². The van der Waals surface area contributed by atoms with Crippen molar-refractivity contribution in [3.05, 3.63) is 203 Å². The molecule has 0 amide bonds. The Balaban J connectivity index is 1.65. The molecule has 6 aromatic carbocycles. The van der Waals surface area contributed by atoms with Gasteiger partial charge in [0.15, 0.2) is 0 Å². The van der Waals surface area contributed by atoms with Gasteiger partial charge in [-0.3, -0.25) is 9.98 Å². The van der Waals surface area contributed by atoms with Gasteiger partial charge in [-0.15, -0.1) is 0 Å². The maximum absolute atomic E-state index is 11.0. The van der Waals surface area contributed by atoms with Crippen LogP contribution < -0.4 is 0 Å². The number of rotatable bonds is 9. The lowest BCUT2D eigenvalue weighted by Crippen LogP contribution is -2.16. The molecule has 2 atom stereocenters. The Hall–Kier alpha value is -5.74. The topological polar surface area (TPSA) is 65.2 Å². The second-order valence-corrected chi connectivity index (χ2v) is 10.4. The van der Waals surface area contributed by atoms with Gasteiger partial charge in [0.25, 0.3) is 0 Å². The van der Waals surface area contributed by atoms with Crippen molar-refractivity contribution in [1.82, 2.24) is 0 Å². The number of benzene rings is 6. The Morgan fingerprint density at radius 2 is 0.659 bits per heavy atom. The van der Waals surface area contributed by atoms with E-state index in [0.29, 0.717) is 22.6 Å². The highest BCUT2D eigenvalue weighted by molar-refractivity contribution is 6.15. The summed E-state index contributed by atoms with van der Waals surface area (Å²) in [5, 5.41) is 22.0. The lowest BCUT2D eigenvalue weighted by Gasteiger charge is -2.25. The van der Waals surface area contributed by atoms with Gasteiger partial charge in [0.2, 0.25) is 0 Å². The van der Waals surface area contributed by atoms with Crippen molar-refractivity contribution in [3.8, 4) is 11.5 Å². The third kappa shape index (κ3) is 6.35.